The summed E-state index contributed by atoms with van der Waals surface area (Å²) in [6, 6.07) is 13.3. The van der Waals surface area contributed by atoms with Gasteiger partial charge in [0, 0.05) is 30.2 Å². The van der Waals surface area contributed by atoms with Crippen LogP contribution in [-0.2, 0) is 22.6 Å². The van der Waals surface area contributed by atoms with Crippen molar-refractivity contribution in [2.24, 2.45) is 0 Å². The van der Waals surface area contributed by atoms with E-state index in [1.165, 1.54) is 0 Å². The summed E-state index contributed by atoms with van der Waals surface area (Å²) in [6.45, 7) is 1.99. The van der Waals surface area contributed by atoms with Gasteiger partial charge in [0.1, 0.15) is 23.6 Å². The molecule has 4 rings (SSSR count). The lowest BCUT2D eigenvalue weighted by Crippen LogP contribution is -2.54. The van der Waals surface area contributed by atoms with Crippen molar-refractivity contribution in [3.05, 3.63) is 52.0 Å². The predicted octanol–water partition coefficient (Wildman–Crippen LogP) is 2.20. The fourth-order valence-corrected chi connectivity index (χ4v) is 4.38. The molecule has 2 atom stereocenters. The van der Waals surface area contributed by atoms with Crippen molar-refractivity contribution < 1.29 is 14.3 Å². The Bertz CT molecular complexity index is 1140. The van der Waals surface area contributed by atoms with Gasteiger partial charge in [0.25, 0.3) is 5.91 Å². The zero-order valence-corrected chi connectivity index (χ0v) is 19.0. The lowest BCUT2D eigenvalue weighted by molar-refractivity contribution is -0.132. The number of benzene rings is 2. The average Bonchev–Trinajstić information content (AvgIpc) is 3.09. The summed E-state index contributed by atoms with van der Waals surface area (Å²) >= 11 is 6.57. The highest BCUT2D eigenvalue weighted by atomic mass is 35.5. The van der Waals surface area contributed by atoms with E-state index in [-0.39, 0.29) is 12.3 Å². The van der Waals surface area contributed by atoms with Gasteiger partial charge in [-0.3, -0.25) is 4.79 Å². The second kappa shape index (κ2) is 9.31. The molecule has 32 heavy (non-hydrogen) atoms. The van der Waals surface area contributed by atoms with Gasteiger partial charge in [0.05, 0.1) is 27.9 Å². The molecule has 0 saturated carbocycles. The second-order valence-corrected chi connectivity index (χ2v) is 9.07. The molecule has 1 fully saturated rings. The average molecular weight is 464 g/mol. The summed E-state index contributed by atoms with van der Waals surface area (Å²) in [5.74, 6) is 0.264. The molecular formula is C23H20ClN4O3Si. The highest BCUT2D eigenvalue weighted by Gasteiger charge is 2.32. The first-order valence-corrected chi connectivity index (χ1v) is 11.1. The van der Waals surface area contributed by atoms with Crippen LogP contribution in [0.3, 0.4) is 0 Å². The SMILES string of the molecule is N#Cc1ccc2c(c1)COc1cc(C[C@]([Si])(C#N)NC(=O)[C@@H]3CNCCCO3)c(Cl)cc1-2. The quantitative estimate of drug-likeness (QED) is 0.673. The van der Waals surface area contributed by atoms with Gasteiger partial charge in [-0.1, -0.05) is 17.7 Å². The van der Waals surface area contributed by atoms with Crippen LogP contribution in [0.2, 0.25) is 5.02 Å². The molecule has 2 aliphatic heterocycles. The van der Waals surface area contributed by atoms with E-state index in [2.05, 4.69) is 33.0 Å². The molecule has 0 aliphatic carbocycles. The van der Waals surface area contributed by atoms with E-state index in [1.807, 2.05) is 6.07 Å². The van der Waals surface area contributed by atoms with Crippen molar-refractivity contribution in [3.63, 3.8) is 0 Å². The van der Waals surface area contributed by atoms with Crippen molar-refractivity contribution in [1.82, 2.24) is 10.6 Å². The van der Waals surface area contributed by atoms with Crippen LogP contribution in [0.4, 0.5) is 0 Å². The third-order valence-corrected chi connectivity index (χ3v) is 6.24. The van der Waals surface area contributed by atoms with E-state index < -0.39 is 11.3 Å². The molecular weight excluding hydrogens is 444 g/mol. The van der Waals surface area contributed by atoms with E-state index in [0.29, 0.717) is 41.7 Å². The second-order valence-electron chi connectivity index (χ2n) is 7.81. The number of fused-ring (bicyclic) bond motifs is 3. The molecule has 9 heteroatoms. The van der Waals surface area contributed by atoms with Gasteiger partial charge in [-0.2, -0.15) is 10.5 Å². The van der Waals surface area contributed by atoms with Gasteiger partial charge < -0.3 is 20.1 Å². The number of halogens is 1. The number of rotatable bonds is 4. The monoisotopic (exact) mass is 463 g/mol. The van der Waals surface area contributed by atoms with Crippen molar-refractivity contribution in [3.8, 4) is 29.0 Å². The lowest BCUT2D eigenvalue weighted by Gasteiger charge is -2.28. The Morgan fingerprint density at radius 1 is 1.31 bits per heavy atom. The number of carbonyl (C=O) groups excluding carboxylic acids is 1. The van der Waals surface area contributed by atoms with E-state index in [0.717, 1.165) is 29.7 Å². The molecule has 2 heterocycles. The Labute approximate surface area is 194 Å². The standard InChI is InChI=1S/C23H20ClN4O3Si/c24-19-8-18-17-3-2-14(10-25)6-16(17)12-31-20(18)7-15(19)9-23(32,13-26)28-22(29)21-11-27-4-1-5-30-21/h2-3,6-8,21,27H,1,4-5,9,11-12H2,(H,28,29)/t21-,23-/m0/s1. The summed E-state index contributed by atoms with van der Waals surface area (Å²) in [4.78, 5) is 12.7. The van der Waals surface area contributed by atoms with Gasteiger partial charge in [0.15, 0.2) is 0 Å². The van der Waals surface area contributed by atoms with Crippen LogP contribution in [0.15, 0.2) is 30.3 Å². The van der Waals surface area contributed by atoms with Crippen LogP contribution in [0.5, 0.6) is 5.75 Å². The fourth-order valence-electron chi connectivity index (χ4n) is 3.83. The van der Waals surface area contributed by atoms with Crippen LogP contribution >= 0.6 is 11.6 Å². The van der Waals surface area contributed by atoms with Crippen molar-refractivity contribution in [2.75, 3.05) is 19.7 Å². The Hall–Kier alpha value is -2.88. The topological polar surface area (TPSA) is 107 Å². The number of amides is 1. The first kappa shape index (κ1) is 22.3. The number of nitrogens with one attached hydrogen (secondary N) is 2. The highest BCUT2D eigenvalue weighted by Crippen LogP contribution is 2.41. The normalized spacial score (nSPS) is 19.1. The van der Waals surface area contributed by atoms with Crippen molar-refractivity contribution >= 4 is 27.8 Å². The maximum atomic E-state index is 12.7. The molecule has 1 saturated heterocycles. The Morgan fingerprint density at radius 2 is 2.16 bits per heavy atom. The van der Waals surface area contributed by atoms with E-state index in [1.54, 1.807) is 24.3 Å². The largest absolute Gasteiger partial charge is 0.488 e. The third kappa shape index (κ3) is 4.64. The molecule has 3 radical (unpaired) electrons. The van der Waals surface area contributed by atoms with Gasteiger partial charge in [0.2, 0.25) is 0 Å². The van der Waals surface area contributed by atoms with Gasteiger partial charge in [-0.25, -0.2) is 0 Å². The first-order valence-electron chi connectivity index (χ1n) is 10.2. The summed E-state index contributed by atoms with van der Waals surface area (Å²) in [6.07, 6.45) is 0.285. The summed E-state index contributed by atoms with van der Waals surface area (Å²) in [7, 11) is 3.44. The summed E-state index contributed by atoms with van der Waals surface area (Å²) in [5.41, 5.74) is 3.91. The number of carbonyl (C=O) groups is 1. The minimum Gasteiger partial charge on any atom is -0.488 e. The number of nitrogens with zero attached hydrogens (tertiary/aromatic N) is 2. The number of hydrogen-bond acceptors (Lipinski definition) is 6. The summed E-state index contributed by atoms with van der Waals surface area (Å²) < 4.78 is 11.5. The molecule has 0 spiro atoms. The van der Waals surface area contributed by atoms with Crippen LogP contribution < -0.4 is 15.4 Å². The van der Waals surface area contributed by atoms with E-state index in [4.69, 9.17) is 26.3 Å². The van der Waals surface area contributed by atoms with Gasteiger partial charge >= 0.3 is 0 Å². The number of ether oxygens (including phenoxy) is 2. The minimum absolute atomic E-state index is 0.127. The zero-order valence-electron chi connectivity index (χ0n) is 17.2. The molecule has 0 bridgehead atoms. The Kier molecular flexibility index (Phi) is 6.49. The molecule has 1 amide bonds. The molecule has 2 aromatic rings. The third-order valence-electron chi connectivity index (χ3n) is 5.48. The molecule has 7 nitrogen and oxygen atoms in total. The smallest absolute Gasteiger partial charge is 0.251 e. The van der Waals surface area contributed by atoms with E-state index in [9.17, 15) is 10.1 Å². The van der Waals surface area contributed by atoms with Crippen LogP contribution in [0.25, 0.3) is 11.1 Å². The Balaban J connectivity index is 1.56. The maximum absolute atomic E-state index is 12.7. The van der Waals surface area contributed by atoms with Crippen LogP contribution in [0.1, 0.15) is 23.1 Å². The lowest BCUT2D eigenvalue weighted by atomic mass is 9.93. The molecule has 2 N–H and O–H groups in total. The first-order chi connectivity index (χ1) is 15.4. The highest BCUT2D eigenvalue weighted by molar-refractivity contribution is 6.32. The molecule has 0 aromatic heterocycles. The van der Waals surface area contributed by atoms with Crippen molar-refractivity contribution in [1.29, 1.82) is 10.5 Å². The molecule has 2 aromatic carbocycles. The van der Waals surface area contributed by atoms with E-state index >= 15 is 0 Å². The Morgan fingerprint density at radius 3 is 2.94 bits per heavy atom. The van der Waals surface area contributed by atoms with Crippen LogP contribution in [0, 0.1) is 22.7 Å². The van der Waals surface area contributed by atoms with Crippen LogP contribution in [-0.4, -0.2) is 47.1 Å². The molecule has 2 aliphatic rings. The molecule has 161 valence electrons. The van der Waals surface area contributed by atoms with Gasteiger partial charge in [-0.15, -0.1) is 0 Å². The zero-order chi connectivity index (χ0) is 22.7. The fraction of sp³-hybridized carbons (Fsp3) is 0.348. The minimum atomic E-state index is -1.36. The van der Waals surface area contributed by atoms with Crippen molar-refractivity contribution in [2.45, 2.75) is 30.7 Å². The molecule has 0 unspecified atom stereocenters. The predicted molar refractivity (Wildman–Crippen MR) is 119 cm³/mol. The van der Waals surface area contributed by atoms with Gasteiger partial charge in [-0.05, 0) is 53.9 Å². The number of hydrogen-bond donors (Lipinski definition) is 2. The number of nitriles is 2. The summed E-state index contributed by atoms with van der Waals surface area (Å²) in [5, 5.41) is 23.9. The maximum Gasteiger partial charge on any atom is 0.251 e.